The summed E-state index contributed by atoms with van der Waals surface area (Å²) >= 11 is 0. The Kier molecular flexibility index (Phi) is 2.74. The van der Waals surface area contributed by atoms with Crippen LogP contribution in [0.2, 0.25) is 0 Å². The van der Waals surface area contributed by atoms with Crippen molar-refractivity contribution in [1.82, 2.24) is 0 Å². The molecule has 1 heterocycles. The van der Waals surface area contributed by atoms with Crippen LogP contribution < -0.4 is 5.46 Å². The molecule has 1 aliphatic heterocycles. The molecule has 1 fully saturated rings. The first kappa shape index (κ1) is 11.2. The fourth-order valence-electron chi connectivity index (χ4n) is 1.68. The molecule has 0 amide bonds. The standard InChI is InChI=1S/C11H13BO4/c1-11(2)7-15-12(16-11)9-6-4-3-5-8(9)10(13)14/h3-6H,7H2,1-2H3,(H,13,14). The molecule has 0 atom stereocenters. The SMILES string of the molecule is CC1(C)COB(c2ccccc2C(=O)O)O1. The van der Waals surface area contributed by atoms with E-state index in [4.69, 9.17) is 14.4 Å². The number of carboxylic acids is 1. The summed E-state index contributed by atoms with van der Waals surface area (Å²) in [6.45, 7) is 4.29. The molecule has 84 valence electrons. The maximum absolute atomic E-state index is 11.0. The monoisotopic (exact) mass is 220 g/mol. The van der Waals surface area contributed by atoms with Crippen LogP contribution in [0.1, 0.15) is 24.2 Å². The summed E-state index contributed by atoms with van der Waals surface area (Å²) in [4.78, 5) is 11.0. The Hall–Kier alpha value is -1.33. The molecule has 0 radical (unpaired) electrons. The molecule has 1 aliphatic rings. The van der Waals surface area contributed by atoms with Crippen molar-refractivity contribution < 1.29 is 19.2 Å². The quantitative estimate of drug-likeness (QED) is 0.752. The molecule has 1 saturated heterocycles. The third-order valence-corrected chi connectivity index (χ3v) is 2.45. The molecule has 1 aromatic rings. The Morgan fingerprint density at radius 2 is 2.12 bits per heavy atom. The Morgan fingerprint density at radius 3 is 2.69 bits per heavy atom. The lowest BCUT2D eigenvalue weighted by Gasteiger charge is -2.16. The highest BCUT2D eigenvalue weighted by molar-refractivity contribution is 6.63. The molecule has 1 aromatic carbocycles. The van der Waals surface area contributed by atoms with Gasteiger partial charge < -0.3 is 14.4 Å². The van der Waals surface area contributed by atoms with Gasteiger partial charge >= 0.3 is 13.1 Å². The summed E-state index contributed by atoms with van der Waals surface area (Å²) < 4.78 is 11.1. The molecule has 1 N–H and O–H groups in total. The number of carboxylic acid groups (broad SMARTS) is 1. The predicted octanol–water partition coefficient (Wildman–Crippen LogP) is 0.905. The fourth-order valence-corrected chi connectivity index (χ4v) is 1.68. The molecule has 0 aromatic heterocycles. The van der Waals surface area contributed by atoms with Crippen molar-refractivity contribution in [2.24, 2.45) is 0 Å². The Bertz CT molecular complexity index is 416. The maximum Gasteiger partial charge on any atom is 0.495 e. The van der Waals surface area contributed by atoms with Crippen molar-refractivity contribution in [1.29, 1.82) is 0 Å². The number of benzene rings is 1. The normalized spacial score (nSPS) is 18.8. The molecule has 0 saturated carbocycles. The lowest BCUT2D eigenvalue weighted by molar-refractivity contribution is 0.0697. The molecule has 0 spiro atoms. The van der Waals surface area contributed by atoms with Crippen molar-refractivity contribution in [3.8, 4) is 0 Å². The van der Waals surface area contributed by atoms with Crippen molar-refractivity contribution in [2.75, 3.05) is 6.61 Å². The second-order valence-electron chi connectivity index (χ2n) is 4.41. The van der Waals surface area contributed by atoms with E-state index in [-0.39, 0.29) is 11.2 Å². The van der Waals surface area contributed by atoms with Gasteiger partial charge in [0.1, 0.15) is 0 Å². The van der Waals surface area contributed by atoms with Gasteiger partial charge in [-0.3, -0.25) is 0 Å². The van der Waals surface area contributed by atoms with Gasteiger partial charge in [0, 0.05) is 0 Å². The van der Waals surface area contributed by atoms with E-state index >= 15 is 0 Å². The van der Waals surface area contributed by atoms with E-state index in [9.17, 15) is 4.79 Å². The Balaban J connectivity index is 2.31. The molecule has 0 unspecified atom stereocenters. The Morgan fingerprint density at radius 1 is 1.44 bits per heavy atom. The zero-order valence-corrected chi connectivity index (χ0v) is 9.27. The van der Waals surface area contributed by atoms with E-state index in [2.05, 4.69) is 0 Å². The lowest BCUT2D eigenvalue weighted by atomic mass is 9.76. The van der Waals surface area contributed by atoms with Gasteiger partial charge in [0.2, 0.25) is 0 Å². The van der Waals surface area contributed by atoms with E-state index in [1.54, 1.807) is 24.3 Å². The molecule has 0 bridgehead atoms. The smallest absolute Gasteiger partial charge is 0.478 e. The highest BCUT2D eigenvalue weighted by atomic mass is 16.7. The summed E-state index contributed by atoms with van der Waals surface area (Å²) in [6.07, 6.45) is 0. The van der Waals surface area contributed by atoms with Gasteiger partial charge in [0.05, 0.1) is 17.8 Å². The molecule has 16 heavy (non-hydrogen) atoms. The van der Waals surface area contributed by atoms with Gasteiger partial charge in [-0.15, -0.1) is 0 Å². The minimum atomic E-state index is -0.965. The average molecular weight is 220 g/mol. The molecule has 5 heteroatoms. The third kappa shape index (κ3) is 2.10. The maximum atomic E-state index is 11.0. The van der Waals surface area contributed by atoms with E-state index in [0.717, 1.165) is 0 Å². The average Bonchev–Trinajstić information content (AvgIpc) is 2.59. The third-order valence-electron chi connectivity index (χ3n) is 2.45. The van der Waals surface area contributed by atoms with Gasteiger partial charge in [-0.05, 0) is 25.4 Å². The highest BCUT2D eigenvalue weighted by Gasteiger charge is 2.39. The van der Waals surface area contributed by atoms with Crippen molar-refractivity contribution >= 4 is 18.6 Å². The summed E-state index contributed by atoms with van der Waals surface area (Å²) in [5.74, 6) is -0.965. The number of rotatable bonds is 2. The van der Waals surface area contributed by atoms with Gasteiger partial charge in [-0.25, -0.2) is 4.79 Å². The van der Waals surface area contributed by atoms with Crippen LogP contribution in [0.15, 0.2) is 24.3 Å². The zero-order chi connectivity index (χ0) is 11.8. The zero-order valence-electron chi connectivity index (χ0n) is 9.27. The lowest BCUT2D eigenvalue weighted by Crippen LogP contribution is -2.37. The van der Waals surface area contributed by atoms with Crippen LogP contribution in [0.25, 0.3) is 0 Å². The fraction of sp³-hybridized carbons (Fsp3) is 0.364. The number of hydrogen-bond donors (Lipinski definition) is 1. The van der Waals surface area contributed by atoms with Gasteiger partial charge in [-0.1, -0.05) is 18.2 Å². The first-order valence-electron chi connectivity index (χ1n) is 5.11. The van der Waals surface area contributed by atoms with E-state index in [1.165, 1.54) is 0 Å². The second-order valence-corrected chi connectivity index (χ2v) is 4.41. The number of hydrogen-bond acceptors (Lipinski definition) is 3. The molecule has 0 aliphatic carbocycles. The van der Waals surface area contributed by atoms with E-state index < -0.39 is 13.1 Å². The number of carbonyl (C=O) groups is 1. The van der Waals surface area contributed by atoms with Gasteiger partial charge in [0.15, 0.2) is 0 Å². The van der Waals surface area contributed by atoms with Crippen LogP contribution in [0.3, 0.4) is 0 Å². The van der Waals surface area contributed by atoms with Crippen molar-refractivity contribution in [3.63, 3.8) is 0 Å². The largest absolute Gasteiger partial charge is 0.495 e. The van der Waals surface area contributed by atoms with Gasteiger partial charge in [-0.2, -0.15) is 0 Å². The van der Waals surface area contributed by atoms with Crippen LogP contribution in [-0.2, 0) is 9.31 Å². The minimum Gasteiger partial charge on any atom is -0.478 e. The van der Waals surface area contributed by atoms with Crippen LogP contribution in [0.4, 0.5) is 0 Å². The van der Waals surface area contributed by atoms with Crippen LogP contribution in [0.5, 0.6) is 0 Å². The van der Waals surface area contributed by atoms with Gasteiger partial charge in [0.25, 0.3) is 0 Å². The first-order valence-corrected chi connectivity index (χ1v) is 5.11. The minimum absolute atomic E-state index is 0.227. The summed E-state index contributed by atoms with van der Waals surface area (Å²) in [5, 5.41) is 9.04. The van der Waals surface area contributed by atoms with E-state index in [1.807, 2.05) is 13.8 Å². The molecular formula is C11H13BO4. The van der Waals surface area contributed by atoms with Crippen LogP contribution >= 0.6 is 0 Å². The molecule has 4 nitrogen and oxygen atoms in total. The van der Waals surface area contributed by atoms with Crippen LogP contribution in [-0.4, -0.2) is 30.4 Å². The summed E-state index contributed by atoms with van der Waals surface area (Å²) in [5.41, 5.74) is 0.432. The molecular weight excluding hydrogens is 207 g/mol. The van der Waals surface area contributed by atoms with Crippen LogP contribution in [0, 0.1) is 0 Å². The van der Waals surface area contributed by atoms with E-state index in [0.29, 0.717) is 12.1 Å². The summed E-state index contributed by atoms with van der Waals surface area (Å²) in [7, 11) is -0.581. The Labute approximate surface area is 94.3 Å². The topological polar surface area (TPSA) is 55.8 Å². The van der Waals surface area contributed by atoms with Crippen molar-refractivity contribution in [3.05, 3.63) is 29.8 Å². The predicted molar refractivity (Wildman–Crippen MR) is 59.9 cm³/mol. The highest BCUT2D eigenvalue weighted by Crippen LogP contribution is 2.20. The second kappa shape index (κ2) is 3.92. The van der Waals surface area contributed by atoms with Crippen molar-refractivity contribution in [2.45, 2.75) is 19.4 Å². The molecule has 2 rings (SSSR count). The first-order chi connectivity index (χ1) is 7.49. The number of aromatic carboxylic acids is 1. The summed E-state index contributed by atoms with van der Waals surface area (Å²) in [6, 6.07) is 6.73.